The Labute approximate surface area is 122 Å². The number of H-pyrrole nitrogens is 1. The molecule has 1 aromatic heterocycles. The van der Waals surface area contributed by atoms with Crippen molar-refractivity contribution in [3.63, 3.8) is 0 Å². The lowest BCUT2D eigenvalue weighted by molar-refractivity contribution is -0.138. The highest BCUT2D eigenvalue weighted by Crippen LogP contribution is 2.13. The minimum Gasteiger partial charge on any atom is -0.480 e. The Morgan fingerprint density at radius 3 is 2.57 bits per heavy atom. The number of benzene rings is 1. The van der Waals surface area contributed by atoms with Crippen LogP contribution in [-0.4, -0.2) is 35.7 Å². The van der Waals surface area contributed by atoms with Gasteiger partial charge in [-0.1, -0.05) is 30.3 Å². The molecule has 0 bridgehead atoms. The quantitative estimate of drug-likeness (QED) is 0.727. The topological polar surface area (TPSA) is 112 Å². The zero-order valence-electron chi connectivity index (χ0n) is 11.3. The molecule has 0 fully saturated rings. The Balaban J connectivity index is 2.21. The lowest BCUT2D eigenvalue weighted by atomic mass is 10.1. The number of aliphatic carboxylic acids is 1. The normalized spacial score (nSPS) is 13.0. The Morgan fingerprint density at radius 1 is 1.38 bits per heavy atom. The summed E-state index contributed by atoms with van der Waals surface area (Å²) >= 11 is 0. The molecule has 1 heterocycles. The number of rotatable bonds is 6. The van der Waals surface area contributed by atoms with Gasteiger partial charge in [0.25, 0.3) is 0 Å². The third-order valence-electron chi connectivity index (χ3n) is 2.95. The fourth-order valence-electron chi connectivity index (χ4n) is 1.89. The number of aromatic amines is 1. The summed E-state index contributed by atoms with van der Waals surface area (Å²) in [5.74, 6) is -1.23. The second kappa shape index (κ2) is 6.06. The highest BCUT2D eigenvalue weighted by Gasteiger charge is 2.27. The fraction of sp³-hybridized carbons (Fsp3) is 0.231. The van der Waals surface area contributed by atoms with Crippen LogP contribution in [0, 0.1) is 6.92 Å². The third kappa shape index (κ3) is 3.67. The van der Waals surface area contributed by atoms with E-state index in [0.29, 0.717) is 5.69 Å². The predicted molar refractivity (Wildman–Crippen MR) is 75.2 cm³/mol. The van der Waals surface area contributed by atoms with Crippen molar-refractivity contribution in [3.05, 3.63) is 47.8 Å². The SMILES string of the molecule is Cc1[nH]ncc1S(=O)(=O)N[C@@H](Cc1ccccc1)C(=O)O. The van der Waals surface area contributed by atoms with Gasteiger partial charge in [-0.2, -0.15) is 9.82 Å². The van der Waals surface area contributed by atoms with E-state index in [2.05, 4.69) is 14.9 Å². The van der Waals surface area contributed by atoms with Gasteiger partial charge in [0.2, 0.25) is 10.0 Å². The molecule has 21 heavy (non-hydrogen) atoms. The number of aryl methyl sites for hydroxylation is 1. The summed E-state index contributed by atoms with van der Waals surface area (Å²) in [4.78, 5) is 11.2. The van der Waals surface area contributed by atoms with E-state index in [9.17, 15) is 18.3 Å². The molecule has 1 atom stereocenters. The smallest absolute Gasteiger partial charge is 0.322 e. The van der Waals surface area contributed by atoms with Crippen molar-refractivity contribution >= 4 is 16.0 Å². The first-order valence-electron chi connectivity index (χ1n) is 6.19. The maximum atomic E-state index is 12.2. The molecule has 0 aliphatic heterocycles. The number of aromatic nitrogens is 2. The summed E-state index contributed by atoms with van der Waals surface area (Å²) in [6.45, 7) is 1.55. The van der Waals surface area contributed by atoms with E-state index in [1.165, 1.54) is 0 Å². The van der Waals surface area contributed by atoms with Crippen LogP contribution in [0.1, 0.15) is 11.3 Å². The molecule has 0 aliphatic carbocycles. The van der Waals surface area contributed by atoms with Crippen LogP contribution in [0.25, 0.3) is 0 Å². The van der Waals surface area contributed by atoms with E-state index in [4.69, 9.17) is 0 Å². The van der Waals surface area contributed by atoms with Crippen molar-refractivity contribution < 1.29 is 18.3 Å². The number of hydrogen-bond acceptors (Lipinski definition) is 4. The molecule has 0 unspecified atom stereocenters. The first-order valence-corrected chi connectivity index (χ1v) is 7.67. The molecular weight excluding hydrogens is 294 g/mol. The van der Waals surface area contributed by atoms with Crippen molar-refractivity contribution in [2.45, 2.75) is 24.3 Å². The van der Waals surface area contributed by atoms with E-state index in [1.807, 2.05) is 0 Å². The predicted octanol–water partition coefficient (Wildman–Crippen LogP) is 0.692. The number of hydrogen-bond donors (Lipinski definition) is 3. The van der Waals surface area contributed by atoms with Crippen LogP contribution in [0.3, 0.4) is 0 Å². The van der Waals surface area contributed by atoms with E-state index < -0.39 is 22.0 Å². The lowest BCUT2D eigenvalue weighted by Crippen LogP contribution is -2.42. The summed E-state index contributed by atoms with van der Waals surface area (Å²) in [5, 5.41) is 15.4. The molecule has 3 N–H and O–H groups in total. The van der Waals surface area contributed by atoms with Crippen LogP contribution in [-0.2, 0) is 21.2 Å². The zero-order chi connectivity index (χ0) is 15.5. The number of nitrogens with one attached hydrogen (secondary N) is 2. The highest BCUT2D eigenvalue weighted by atomic mass is 32.2. The van der Waals surface area contributed by atoms with Gasteiger partial charge in [0, 0.05) is 0 Å². The maximum absolute atomic E-state index is 12.2. The minimum absolute atomic E-state index is 0.0539. The Hall–Kier alpha value is -2.19. The number of carboxylic acids is 1. The van der Waals surface area contributed by atoms with Crippen LogP contribution in [0.5, 0.6) is 0 Å². The number of carbonyl (C=O) groups is 1. The Morgan fingerprint density at radius 2 is 2.05 bits per heavy atom. The summed E-state index contributed by atoms with van der Waals surface area (Å²) in [6.07, 6.45) is 1.21. The number of sulfonamides is 1. The molecular formula is C13H15N3O4S. The number of nitrogens with zero attached hydrogens (tertiary/aromatic N) is 1. The van der Waals surface area contributed by atoms with E-state index in [1.54, 1.807) is 37.3 Å². The van der Waals surface area contributed by atoms with Gasteiger partial charge < -0.3 is 5.11 Å². The van der Waals surface area contributed by atoms with Gasteiger partial charge in [-0.15, -0.1) is 0 Å². The summed E-state index contributed by atoms with van der Waals surface area (Å²) in [6, 6.07) is 7.58. The van der Waals surface area contributed by atoms with Crippen LogP contribution in [0.15, 0.2) is 41.4 Å². The summed E-state index contributed by atoms with van der Waals surface area (Å²) in [5.41, 5.74) is 1.09. The maximum Gasteiger partial charge on any atom is 0.322 e. The van der Waals surface area contributed by atoms with E-state index in [-0.39, 0.29) is 11.3 Å². The van der Waals surface area contributed by atoms with Gasteiger partial charge in [-0.25, -0.2) is 8.42 Å². The molecule has 0 amide bonds. The monoisotopic (exact) mass is 309 g/mol. The van der Waals surface area contributed by atoms with Crippen LogP contribution < -0.4 is 4.72 Å². The van der Waals surface area contributed by atoms with Crippen LogP contribution in [0.4, 0.5) is 0 Å². The standard InChI is InChI=1S/C13H15N3O4S/c1-9-12(8-14-15-9)21(19,20)16-11(13(17)18)7-10-5-3-2-4-6-10/h2-6,8,11,16H,7H2,1H3,(H,14,15)(H,17,18)/t11-/m0/s1. The van der Waals surface area contributed by atoms with Gasteiger partial charge in [0.15, 0.2) is 0 Å². The van der Waals surface area contributed by atoms with Crippen molar-refractivity contribution in [1.29, 1.82) is 0 Å². The Kier molecular flexibility index (Phi) is 4.39. The lowest BCUT2D eigenvalue weighted by Gasteiger charge is -2.14. The molecule has 1 aromatic carbocycles. The van der Waals surface area contributed by atoms with Gasteiger partial charge in [0.05, 0.1) is 11.9 Å². The van der Waals surface area contributed by atoms with Crippen molar-refractivity contribution in [1.82, 2.24) is 14.9 Å². The molecule has 2 rings (SSSR count). The largest absolute Gasteiger partial charge is 0.480 e. The summed E-state index contributed by atoms with van der Waals surface area (Å²) < 4.78 is 26.6. The third-order valence-corrected chi connectivity index (χ3v) is 4.54. The summed E-state index contributed by atoms with van der Waals surface area (Å²) in [7, 11) is -3.94. The first kappa shape index (κ1) is 15.2. The van der Waals surface area contributed by atoms with E-state index in [0.717, 1.165) is 11.8 Å². The van der Waals surface area contributed by atoms with Crippen LogP contribution in [0.2, 0.25) is 0 Å². The molecule has 0 aliphatic rings. The van der Waals surface area contributed by atoms with E-state index >= 15 is 0 Å². The second-order valence-corrected chi connectivity index (χ2v) is 6.24. The molecule has 2 aromatic rings. The molecule has 8 heteroatoms. The average molecular weight is 309 g/mol. The van der Waals surface area contributed by atoms with Crippen LogP contribution >= 0.6 is 0 Å². The van der Waals surface area contributed by atoms with Gasteiger partial charge >= 0.3 is 5.97 Å². The molecule has 0 saturated carbocycles. The second-order valence-electron chi connectivity index (χ2n) is 4.56. The van der Waals surface area contributed by atoms with Crippen molar-refractivity contribution in [2.24, 2.45) is 0 Å². The first-order chi connectivity index (χ1) is 9.90. The van der Waals surface area contributed by atoms with Gasteiger partial charge in [-0.05, 0) is 18.9 Å². The van der Waals surface area contributed by atoms with Gasteiger partial charge in [0.1, 0.15) is 10.9 Å². The number of carboxylic acid groups (broad SMARTS) is 1. The average Bonchev–Trinajstić information content (AvgIpc) is 2.86. The molecule has 0 radical (unpaired) electrons. The molecule has 112 valence electrons. The van der Waals surface area contributed by atoms with Crippen molar-refractivity contribution in [3.8, 4) is 0 Å². The minimum atomic E-state index is -3.94. The zero-order valence-corrected chi connectivity index (χ0v) is 12.1. The Bertz CT molecular complexity index is 725. The van der Waals surface area contributed by atoms with Crippen molar-refractivity contribution in [2.75, 3.05) is 0 Å². The highest BCUT2D eigenvalue weighted by molar-refractivity contribution is 7.89. The van der Waals surface area contributed by atoms with Gasteiger partial charge in [-0.3, -0.25) is 9.89 Å². The molecule has 7 nitrogen and oxygen atoms in total. The fourth-order valence-corrected chi connectivity index (χ4v) is 3.22. The molecule has 0 saturated heterocycles. The molecule has 0 spiro atoms.